The summed E-state index contributed by atoms with van der Waals surface area (Å²) in [5.74, 6) is -1.67. The van der Waals surface area contributed by atoms with Gasteiger partial charge in [0.2, 0.25) is 11.8 Å². The van der Waals surface area contributed by atoms with Crippen molar-refractivity contribution in [3.05, 3.63) is 24.0 Å². The molecule has 0 aliphatic heterocycles. The Balaban J connectivity index is 2.61. The fourth-order valence-electron chi connectivity index (χ4n) is 1.57. The predicted octanol–water partition coefficient (Wildman–Crippen LogP) is -0.219. The Labute approximate surface area is 110 Å². The van der Waals surface area contributed by atoms with Crippen molar-refractivity contribution in [1.29, 1.82) is 0 Å². The van der Waals surface area contributed by atoms with Gasteiger partial charge in [0.15, 0.2) is 0 Å². The third-order valence-corrected chi connectivity index (χ3v) is 2.53. The van der Waals surface area contributed by atoms with Gasteiger partial charge in [-0.25, -0.2) is 4.79 Å². The van der Waals surface area contributed by atoms with Gasteiger partial charge in [-0.2, -0.15) is 0 Å². The molecule has 2 N–H and O–H groups in total. The summed E-state index contributed by atoms with van der Waals surface area (Å²) in [6.45, 7) is 2.14. The highest BCUT2D eigenvalue weighted by Crippen LogP contribution is 2.03. The number of likely N-dealkylation sites (N-methyl/N-ethyl adjacent to an activating group) is 2. The average Bonchev–Trinajstić information content (AvgIpc) is 2.77. The van der Waals surface area contributed by atoms with E-state index in [1.54, 1.807) is 13.0 Å². The van der Waals surface area contributed by atoms with E-state index in [0.29, 0.717) is 6.54 Å². The van der Waals surface area contributed by atoms with Crippen LogP contribution in [0.4, 0.5) is 0 Å². The molecule has 19 heavy (non-hydrogen) atoms. The van der Waals surface area contributed by atoms with E-state index in [4.69, 9.17) is 5.11 Å². The van der Waals surface area contributed by atoms with Gasteiger partial charge < -0.3 is 19.9 Å². The van der Waals surface area contributed by atoms with E-state index in [1.807, 2.05) is 0 Å². The van der Waals surface area contributed by atoms with Crippen LogP contribution in [0, 0.1) is 0 Å². The second kappa shape index (κ2) is 6.58. The lowest BCUT2D eigenvalue weighted by Gasteiger charge is -2.17. The Bertz CT molecular complexity index is 481. The number of nitrogens with zero attached hydrogens (tertiary/aromatic N) is 2. The number of amides is 2. The van der Waals surface area contributed by atoms with Gasteiger partial charge in [-0.05, 0) is 19.1 Å². The number of rotatable bonds is 6. The lowest BCUT2D eigenvalue weighted by atomic mass is 10.4. The van der Waals surface area contributed by atoms with Crippen molar-refractivity contribution in [3.63, 3.8) is 0 Å². The van der Waals surface area contributed by atoms with Crippen LogP contribution in [0.25, 0.3) is 0 Å². The molecule has 0 aromatic carbocycles. The summed E-state index contributed by atoms with van der Waals surface area (Å²) in [4.78, 5) is 35.3. The van der Waals surface area contributed by atoms with Gasteiger partial charge in [0, 0.05) is 19.8 Å². The largest absolute Gasteiger partial charge is 0.477 e. The van der Waals surface area contributed by atoms with E-state index in [1.165, 1.54) is 28.8 Å². The maximum atomic E-state index is 11.9. The normalized spacial score (nSPS) is 10.0. The van der Waals surface area contributed by atoms with Gasteiger partial charge >= 0.3 is 5.97 Å². The molecule has 0 saturated carbocycles. The van der Waals surface area contributed by atoms with E-state index in [9.17, 15) is 14.4 Å². The first-order chi connectivity index (χ1) is 8.95. The minimum absolute atomic E-state index is 0.0414. The van der Waals surface area contributed by atoms with Crippen LogP contribution in [0.1, 0.15) is 17.4 Å². The van der Waals surface area contributed by atoms with Crippen molar-refractivity contribution in [2.75, 3.05) is 20.1 Å². The molecule has 1 aromatic rings. The Morgan fingerprint density at radius 1 is 1.42 bits per heavy atom. The van der Waals surface area contributed by atoms with Crippen molar-refractivity contribution in [2.45, 2.75) is 13.5 Å². The molecule has 1 rings (SSSR count). The Morgan fingerprint density at radius 3 is 2.68 bits per heavy atom. The van der Waals surface area contributed by atoms with Crippen LogP contribution in [0.3, 0.4) is 0 Å². The zero-order valence-electron chi connectivity index (χ0n) is 10.9. The third kappa shape index (κ3) is 4.13. The summed E-state index contributed by atoms with van der Waals surface area (Å²) in [6, 6.07) is 2.97. The molecule has 0 bridgehead atoms. The molecule has 1 heterocycles. The monoisotopic (exact) mass is 267 g/mol. The molecule has 104 valence electrons. The topological polar surface area (TPSA) is 91.6 Å². The van der Waals surface area contributed by atoms with Gasteiger partial charge in [0.1, 0.15) is 12.2 Å². The standard InChI is InChI=1S/C12H17N3O4/c1-3-13-10(16)7-14(2)11(17)8-15-6-4-5-9(15)12(18)19/h4-6H,3,7-8H2,1-2H3,(H,13,16)(H,18,19). The molecule has 0 aliphatic rings. The molecule has 0 spiro atoms. The van der Waals surface area contributed by atoms with E-state index < -0.39 is 5.97 Å². The zero-order valence-corrected chi connectivity index (χ0v) is 10.9. The highest BCUT2D eigenvalue weighted by atomic mass is 16.4. The number of hydrogen-bond donors (Lipinski definition) is 2. The third-order valence-electron chi connectivity index (χ3n) is 2.53. The molecule has 0 radical (unpaired) electrons. The Kier molecular flexibility index (Phi) is 5.11. The molecule has 1 aromatic heterocycles. The minimum Gasteiger partial charge on any atom is -0.477 e. The molecule has 0 fully saturated rings. The summed E-state index contributed by atoms with van der Waals surface area (Å²) >= 11 is 0. The smallest absolute Gasteiger partial charge is 0.352 e. The number of nitrogens with one attached hydrogen (secondary N) is 1. The van der Waals surface area contributed by atoms with Crippen LogP contribution >= 0.6 is 0 Å². The summed E-state index contributed by atoms with van der Waals surface area (Å²) in [5, 5.41) is 11.5. The number of carbonyl (C=O) groups is 3. The quantitative estimate of drug-likeness (QED) is 0.745. The summed E-state index contributed by atoms with van der Waals surface area (Å²) in [6.07, 6.45) is 1.52. The average molecular weight is 267 g/mol. The van der Waals surface area contributed by atoms with Gasteiger partial charge in [-0.3, -0.25) is 9.59 Å². The Morgan fingerprint density at radius 2 is 2.11 bits per heavy atom. The number of aromatic carboxylic acids is 1. The van der Waals surface area contributed by atoms with Gasteiger partial charge in [0.25, 0.3) is 0 Å². The first-order valence-electron chi connectivity index (χ1n) is 5.84. The lowest BCUT2D eigenvalue weighted by Crippen LogP contribution is -2.39. The maximum Gasteiger partial charge on any atom is 0.352 e. The fourth-order valence-corrected chi connectivity index (χ4v) is 1.57. The van der Waals surface area contributed by atoms with Crippen molar-refractivity contribution in [1.82, 2.24) is 14.8 Å². The van der Waals surface area contributed by atoms with Crippen molar-refractivity contribution >= 4 is 17.8 Å². The number of aromatic nitrogens is 1. The molecular weight excluding hydrogens is 250 g/mol. The number of carboxylic acid groups (broad SMARTS) is 1. The molecule has 0 unspecified atom stereocenters. The van der Waals surface area contributed by atoms with Crippen molar-refractivity contribution < 1.29 is 19.5 Å². The van der Waals surface area contributed by atoms with Crippen LogP contribution in [0.15, 0.2) is 18.3 Å². The summed E-state index contributed by atoms with van der Waals surface area (Å²) in [7, 11) is 1.50. The predicted molar refractivity (Wildman–Crippen MR) is 67.7 cm³/mol. The molecule has 0 saturated heterocycles. The molecule has 2 amide bonds. The zero-order chi connectivity index (χ0) is 14.4. The molecular formula is C12H17N3O4. The lowest BCUT2D eigenvalue weighted by molar-refractivity contribution is -0.135. The Hall–Kier alpha value is -2.31. The minimum atomic E-state index is -1.09. The van der Waals surface area contributed by atoms with E-state index in [-0.39, 0.29) is 30.6 Å². The number of hydrogen-bond acceptors (Lipinski definition) is 3. The first kappa shape index (κ1) is 14.7. The molecule has 0 aliphatic carbocycles. The van der Waals surface area contributed by atoms with Gasteiger partial charge in [-0.15, -0.1) is 0 Å². The molecule has 7 nitrogen and oxygen atoms in total. The van der Waals surface area contributed by atoms with Gasteiger partial charge in [-0.1, -0.05) is 0 Å². The van der Waals surface area contributed by atoms with E-state index in [2.05, 4.69) is 5.32 Å². The summed E-state index contributed by atoms with van der Waals surface area (Å²) < 4.78 is 1.33. The van der Waals surface area contributed by atoms with Crippen LogP contribution in [0.2, 0.25) is 0 Å². The van der Waals surface area contributed by atoms with Crippen LogP contribution < -0.4 is 5.32 Å². The maximum absolute atomic E-state index is 11.9. The fraction of sp³-hybridized carbons (Fsp3) is 0.417. The summed E-state index contributed by atoms with van der Waals surface area (Å²) in [5.41, 5.74) is 0.0414. The van der Waals surface area contributed by atoms with Crippen LogP contribution in [-0.4, -0.2) is 52.5 Å². The highest BCUT2D eigenvalue weighted by molar-refractivity contribution is 5.87. The van der Waals surface area contributed by atoms with E-state index in [0.717, 1.165) is 0 Å². The molecule has 7 heteroatoms. The van der Waals surface area contributed by atoms with Crippen LogP contribution in [0.5, 0.6) is 0 Å². The second-order valence-electron chi connectivity index (χ2n) is 4.03. The van der Waals surface area contributed by atoms with Crippen molar-refractivity contribution in [3.8, 4) is 0 Å². The van der Waals surface area contributed by atoms with E-state index >= 15 is 0 Å². The van der Waals surface area contributed by atoms with Crippen molar-refractivity contribution in [2.24, 2.45) is 0 Å². The number of carbonyl (C=O) groups excluding carboxylic acids is 2. The second-order valence-corrected chi connectivity index (χ2v) is 4.03. The molecule has 0 atom stereocenters. The van der Waals surface area contributed by atoms with Crippen LogP contribution in [-0.2, 0) is 16.1 Å². The van der Waals surface area contributed by atoms with Gasteiger partial charge in [0.05, 0.1) is 6.54 Å². The number of carboxylic acids is 1. The highest BCUT2D eigenvalue weighted by Gasteiger charge is 2.16. The first-order valence-corrected chi connectivity index (χ1v) is 5.84. The SMILES string of the molecule is CCNC(=O)CN(C)C(=O)Cn1cccc1C(=O)O.